The molecular weight excluding hydrogens is 418 g/mol. The molecule has 1 N–H and O–H groups in total. The minimum Gasteiger partial charge on any atom is -0.454 e. The SMILES string of the molecule is C[C@H](NS(=O)(=O)c1ccccc1)C(=O)OCC(=O)N1CCN(Cc2ccccc2)CC1. The van der Waals surface area contributed by atoms with E-state index in [1.165, 1.54) is 24.6 Å². The van der Waals surface area contributed by atoms with E-state index in [9.17, 15) is 18.0 Å². The lowest BCUT2D eigenvalue weighted by Crippen LogP contribution is -2.49. The smallest absolute Gasteiger partial charge is 0.324 e. The van der Waals surface area contributed by atoms with Crippen LogP contribution < -0.4 is 4.72 Å². The molecule has 166 valence electrons. The molecule has 1 atom stereocenters. The maximum Gasteiger partial charge on any atom is 0.324 e. The molecule has 0 unspecified atom stereocenters. The van der Waals surface area contributed by atoms with Crippen LogP contribution in [-0.4, -0.2) is 68.9 Å². The van der Waals surface area contributed by atoms with Gasteiger partial charge in [0, 0.05) is 32.7 Å². The molecule has 0 radical (unpaired) electrons. The molecule has 0 aliphatic carbocycles. The molecule has 1 aliphatic heterocycles. The highest BCUT2D eigenvalue weighted by molar-refractivity contribution is 7.89. The predicted octanol–water partition coefficient (Wildman–Crippen LogP) is 1.24. The van der Waals surface area contributed by atoms with Crippen molar-refractivity contribution in [2.24, 2.45) is 0 Å². The molecule has 0 spiro atoms. The quantitative estimate of drug-likeness (QED) is 0.615. The Morgan fingerprint density at radius 3 is 2.16 bits per heavy atom. The van der Waals surface area contributed by atoms with Crippen molar-refractivity contribution in [1.82, 2.24) is 14.5 Å². The van der Waals surface area contributed by atoms with E-state index in [1.54, 1.807) is 23.1 Å². The van der Waals surface area contributed by atoms with Gasteiger partial charge < -0.3 is 9.64 Å². The van der Waals surface area contributed by atoms with Crippen LogP contribution in [0.15, 0.2) is 65.6 Å². The molecule has 0 saturated carbocycles. The Morgan fingerprint density at radius 1 is 0.968 bits per heavy atom. The molecule has 31 heavy (non-hydrogen) atoms. The van der Waals surface area contributed by atoms with Crippen molar-refractivity contribution in [3.63, 3.8) is 0 Å². The number of rotatable bonds is 8. The average molecular weight is 446 g/mol. The Hall–Kier alpha value is -2.75. The second-order valence-corrected chi connectivity index (χ2v) is 9.12. The summed E-state index contributed by atoms with van der Waals surface area (Å²) in [6, 6.07) is 16.8. The highest BCUT2D eigenvalue weighted by Gasteiger charge is 2.26. The van der Waals surface area contributed by atoms with Gasteiger partial charge in [0.1, 0.15) is 6.04 Å². The zero-order valence-electron chi connectivity index (χ0n) is 17.4. The largest absolute Gasteiger partial charge is 0.454 e. The molecule has 1 fully saturated rings. The molecule has 8 nitrogen and oxygen atoms in total. The van der Waals surface area contributed by atoms with E-state index in [1.807, 2.05) is 18.2 Å². The number of hydrogen-bond donors (Lipinski definition) is 1. The van der Waals surface area contributed by atoms with Gasteiger partial charge in [-0.05, 0) is 24.6 Å². The zero-order chi connectivity index (χ0) is 22.3. The van der Waals surface area contributed by atoms with Crippen molar-refractivity contribution in [2.45, 2.75) is 24.4 Å². The van der Waals surface area contributed by atoms with E-state index < -0.39 is 28.6 Å². The maximum atomic E-state index is 12.4. The van der Waals surface area contributed by atoms with Gasteiger partial charge in [-0.15, -0.1) is 0 Å². The molecule has 1 saturated heterocycles. The summed E-state index contributed by atoms with van der Waals surface area (Å²) in [6.45, 7) is 4.39. The molecular formula is C22H27N3O5S. The van der Waals surface area contributed by atoms with Crippen LogP contribution in [0, 0.1) is 0 Å². The number of nitrogens with zero attached hydrogens (tertiary/aromatic N) is 2. The monoisotopic (exact) mass is 445 g/mol. The number of carbonyl (C=O) groups excluding carboxylic acids is 2. The number of nitrogens with one attached hydrogen (secondary N) is 1. The number of benzene rings is 2. The van der Waals surface area contributed by atoms with Crippen LogP contribution >= 0.6 is 0 Å². The number of ether oxygens (including phenoxy) is 1. The lowest BCUT2D eigenvalue weighted by molar-refractivity contribution is -0.153. The molecule has 1 aliphatic rings. The van der Waals surface area contributed by atoms with Crippen LogP contribution in [0.5, 0.6) is 0 Å². The second-order valence-electron chi connectivity index (χ2n) is 7.41. The second kappa shape index (κ2) is 10.5. The molecule has 1 heterocycles. The summed E-state index contributed by atoms with van der Waals surface area (Å²) < 4.78 is 31.9. The van der Waals surface area contributed by atoms with Crippen LogP contribution in [0.1, 0.15) is 12.5 Å². The lowest BCUT2D eigenvalue weighted by atomic mass is 10.2. The van der Waals surface area contributed by atoms with E-state index in [-0.39, 0.29) is 10.8 Å². The molecule has 2 aromatic rings. The summed E-state index contributed by atoms with van der Waals surface area (Å²) >= 11 is 0. The van der Waals surface area contributed by atoms with Crippen LogP contribution in [-0.2, 0) is 30.9 Å². The lowest BCUT2D eigenvalue weighted by Gasteiger charge is -2.34. The van der Waals surface area contributed by atoms with Crippen LogP contribution in [0.3, 0.4) is 0 Å². The summed E-state index contributed by atoms with van der Waals surface area (Å²) in [6.07, 6.45) is 0. The number of amides is 1. The minimum absolute atomic E-state index is 0.0547. The van der Waals surface area contributed by atoms with Gasteiger partial charge in [0.15, 0.2) is 6.61 Å². The van der Waals surface area contributed by atoms with Crippen molar-refractivity contribution in [3.05, 3.63) is 66.2 Å². The van der Waals surface area contributed by atoms with Crippen LogP contribution in [0.4, 0.5) is 0 Å². The third-order valence-corrected chi connectivity index (χ3v) is 6.61. The van der Waals surface area contributed by atoms with Crippen molar-refractivity contribution in [3.8, 4) is 0 Å². The molecule has 2 aromatic carbocycles. The van der Waals surface area contributed by atoms with Gasteiger partial charge in [-0.2, -0.15) is 4.72 Å². The van der Waals surface area contributed by atoms with E-state index >= 15 is 0 Å². The number of hydrogen-bond acceptors (Lipinski definition) is 6. The fourth-order valence-corrected chi connectivity index (χ4v) is 4.51. The summed E-state index contributed by atoms with van der Waals surface area (Å²) in [7, 11) is -3.85. The molecule has 0 bridgehead atoms. The van der Waals surface area contributed by atoms with E-state index in [4.69, 9.17) is 4.74 Å². The standard InChI is InChI=1S/C22H27N3O5S/c1-18(23-31(28,29)20-10-6-3-7-11-20)22(27)30-17-21(26)25-14-12-24(13-15-25)16-19-8-4-2-5-9-19/h2-11,18,23H,12-17H2,1H3/t18-/m0/s1. The van der Waals surface area contributed by atoms with E-state index in [0.29, 0.717) is 13.1 Å². The Kier molecular flexibility index (Phi) is 7.78. The summed E-state index contributed by atoms with van der Waals surface area (Å²) in [4.78, 5) is 28.5. The summed E-state index contributed by atoms with van der Waals surface area (Å²) in [5, 5.41) is 0. The Balaban J connectivity index is 1.41. The summed E-state index contributed by atoms with van der Waals surface area (Å²) in [5.74, 6) is -1.08. The number of sulfonamides is 1. The topological polar surface area (TPSA) is 96.0 Å². The van der Waals surface area contributed by atoms with Gasteiger partial charge in [-0.3, -0.25) is 14.5 Å². The first kappa shape index (κ1) is 22.9. The first-order chi connectivity index (χ1) is 14.8. The number of piperazine rings is 1. The Bertz CT molecular complexity index is 975. The first-order valence-electron chi connectivity index (χ1n) is 10.1. The molecule has 3 rings (SSSR count). The van der Waals surface area contributed by atoms with Gasteiger partial charge in [0.2, 0.25) is 10.0 Å². The maximum absolute atomic E-state index is 12.4. The van der Waals surface area contributed by atoms with Gasteiger partial charge in [0.05, 0.1) is 4.90 Å². The Morgan fingerprint density at radius 2 is 1.55 bits per heavy atom. The van der Waals surface area contributed by atoms with E-state index in [0.717, 1.165) is 19.6 Å². The van der Waals surface area contributed by atoms with Crippen molar-refractivity contribution < 1.29 is 22.7 Å². The fraction of sp³-hybridized carbons (Fsp3) is 0.364. The summed E-state index contributed by atoms with van der Waals surface area (Å²) in [5.41, 5.74) is 1.23. The van der Waals surface area contributed by atoms with Crippen molar-refractivity contribution >= 4 is 21.9 Å². The number of esters is 1. The molecule has 9 heteroatoms. The van der Waals surface area contributed by atoms with Gasteiger partial charge >= 0.3 is 5.97 Å². The van der Waals surface area contributed by atoms with Crippen LogP contribution in [0.2, 0.25) is 0 Å². The average Bonchev–Trinajstić information content (AvgIpc) is 2.78. The number of carbonyl (C=O) groups is 2. The van der Waals surface area contributed by atoms with Gasteiger partial charge in [-0.1, -0.05) is 48.5 Å². The van der Waals surface area contributed by atoms with Gasteiger partial charge in [0.25, 0.3) is 5.91 Å². The predicted molar refractivity (Wildman–Crippen MR) is 115 cm³/mol. The van der Waals surface area contributed by atoms with Crippen molar-refractivity contribution in [2.75, 3.05) is 32.8 Å². The third-order valence-electron chi connectivity index (χ3n) is 5.05. The first-order valence-corrected chi connectivity index (χ1v) is 11.6. The zero-order valence-corrected chi connectivity index (χ0v) is 18.3. The van der Waals surface area contributed by atoms with E-state index in [2.05, 4.69) is 21.8 Å². The molecule has 1 amide bonds. The fourth-order valence-electron chi connectivity index (χ4n) is 3.29. The Labute approximate surface area is 182 Å². The normalized spacial score (nSPS) is 16.0. The molecule has 0 aromatic heterocycles. The highest BCUT2D eigenvalue weighted by Crippen LogP contribution is 2.10. The van der Waals surface area contributed by atoms with Gasteiger partial charge in [-0.25, -0.2) is 8.42 Å². The van der Waals surface area contributed by atoms with Crippen LogP contribution in [0.25, 0.3) is 0 Å². The van der Waals surface area contributed by atoms with Crippen molar-refractivity contribution in [1.29, 1.82) is 0 Å². The highest BCUT2D eigenvalue weighted by atomic mass is 32.2. The third kappa shape index (κ3) is 6.61. The minimum atomic E-state index is -3.85.